The molecule has 0 bridgehead atoms. The minimum Gasteiger partial charge on any atom is -0.748 e. The van der Waals surface area contributed by atoms with Crippen LogP contribution >= 0.6 is 0 Å². The SMILES string of the molecule is CCCCCCCC(CCCCCCCCCCC(O)CCCC)S(=O)(=O)[O-].[K+]. The first-order valence-electron chi connectivity index (χ1n) is 12.0. The van der Waals surface area contributed by atoms with Gasteiger partial charge in [0, 0.05) is 5.25 Å². The van der Waals surface area contributed by atoms with E-state index in [9.17, 15) is 18.1 Å². The number of hydrogen-bond donors (Lipinski definition) is 1. The van der Waals surface area contributed by atoms with Gasteiger partial charge in [0.15, 0.2) is 0 Å². The van der Waals surface area contributed by atoms with Gasteiger partial charge in [0.25, 0.3) is 0 Å². The second kappa shape index (κ2) is 22.7. The van der Waals surface area contributed by atoms with Gasteiger partial charge in [-0.25, -0.2) is 8.42 Å². The first-order valence-corrected chi connectivity index (χ1v) is 13.5. The Morgan fingerprint density at radius 3 is 1.38 bits per heavy atom. The van der Waals surface area contributed by atoms with Gasteiger partial charge in [0.05, 0.1) is 16.2 Å². The van der Waals surface area contributed by atoms with Crippen LogP contribution in [0.5, 0.6) is 0 Å². The summed E-state index contributed by atoms with van der Waals surface area (Å²) < 4.78 is 34.4. The summed E-state index contributed by atoms with van der Waals surface area (Å²) in [6.07, 6.45) is 19.4. The van der Waals surface area contributed by atoms with Gasteiger partial charge < -0.3 is 9.66 Å². The van der Waals surface area contributed by atoms with E-state index in [0.29, 0.717) is 12.8 Å². The van der Waals surface area contributed by atoms with Gasteiger partial charge in [0.1, 0.15) is 0 Å². The van der Waals surface area contributed by atoms with Crippen LogP contribution in [-0.4, -0.2) is 29.4 Å². The van der Waals surface area contributed by atoms with Crippen molar-refractivity contribution in [2.45, 2.75) is 147 Å². The fraction of sp³-hybridized carbons (Fsp3) is 1.00. The van der Waals surface area contributed by atoms with E-state index in [1.807, 2.05) is 0 Å². The molecule has 0 fully saturated rings. The molecule has 1 N–H and O–H groups in total. The molecule has 0 aromatic heterocycles. The van der Waals surface area contributed by atoms with Crippen molar-refractivity contribution in [1.82, 2.24) is 0 Å². The monoisotopic (exact) mass is 458 g/mol. The normalized spacial score (nSPS) is 13.8. The first kappa shape index (κ1) is 32.7. The molecule has 0 aromatic rings. The third-order valence-corrected chi connectivity index (χ3v) is 7.03. The van der Waals surface area contributed by atoms with Crippen LogP contribution in [0.4, 0.5) is 0 Å². The van der Waals surface area contributed by atoms with Crippen molar-refractivity contribution in [1.29, 1.82) is 0 Å². The predicted molar refractivity (Wildman–Crippen MR) is 119 cm³/mol. The van der Waals surface area contributed by atoms with Gasteiger partial charge in [-0.1, -0.05) is 110 Å². The summed E-state index contributed by atoms with van der Waals surface area (Å²) >= 11 is 0. The second-order valence-corrected chi connectivity index (χ2v) is 10.2. The molecular weight excluding hydrogens is 411 g/mol. The quantitative estimate of drug-likeness (QED) is 0.162. The number of aliphatic hydroxyl groups excluding tert-OH is 1. The molecule has 0 saturated carbocycles. The Hall–Kier alpha value is 1.51. The predicted octanol–water partition coefficient (Wildman–Crippen LogP) is 3.72. The minimum atomic E-state index is -4.15. The second-order valence-electron chi connectivity index (χ2n) is 8.52. The van der Waals surface area contributed by atoms with Gasteiger partial charge in [-0.05, 0) is 25.7 Å². The molecule has 0 spiro atoms. The molecule has 6 heteroatoms. The molecule has 0 heterocycles. The van der Waals surface area contributed by atoms with Crippen LogP contribution in [-0.2, 0) is 10.1 Å². The number of hydrogen-bond acceptors (Lipinski definition) is 4. The third-order valence-electron chi connectivity index (χ3n) is 5.74. The summed E-state index contributed by atoms with van der Waals surface area (Å²) in [4.78, 5) is 0. The number of aliphatic hydroxyl groups is 1. The van der Waals surface area contributed by atoms with Gasteiger partial charge in [0.2, 0.25) is 0 Å². The molecule has 0 radical (unpaired) electrons. The summed E-state index contributed by atoms with van der Waals surface area (Å²) in [5, 5.41) is 9.14. The molecule has 4 nitrogen and oxygen atoms in total. The summed E-state index contributed by atoms with van der Waals surface area (Å²) in [6.45, 7) is 4.31. The average Bonchev–Trinajstić information content (AvgIpc) is 2.64. The van der Waals surface area contributed by atoms with E-state index in [4.69, 9.17) is 0 Å². The standard InChI is InChI=1S/C23H48O4S.K/c1-3-5-7-12-16-20-23(28(25,26)27)21-17-14-11-9-8-10-13-15-19-22(24)18-6-4-2;/h22-24H,3-21H2,1-2H3,(H,25,26,27);/q;+1/p-1. The Balaban J connectivity index is 0. The van der Waals surface area contributed by atoms with Crippen molar-refractivity contribution in [2.75, 3.05) is 0 Å². The molecule has 0 rings (SSSR count). The van der Waals surface area contributed by atoms with Crippen molar-refractivity contribution in [2.24, 2.45) is 0 Å². The van der Waals surface area contributed by atoms with E-state index in [0.717, 1.165) is 70.6 Å². The fourth-order valence-electron chi connectivity index (χ4n) is 3.81. The summed E-state index contributed by atoms with van der Waals surface area (Å²) in [6, 6.07) is 0. The van der Waals surface area contributed by atoms with Crippen LogP contribution in [0, 0.1) is 0 Å². The Morgan fingerprint density at radius 1 is 0.621 bits per heavy atom. The molecule has 29 heavy (non-hydrogen) atoms. The van der Waals surface area contributed by atoms with Gasteiger partial charge in [-0.15, -0.1) is 0 Å². The van der Waals surface area contributed by atoms with Crippen LogP contribution in [0.2, 0.25) is 0 Å². The Kier molecular flexibility index (Phi) is 25.6. The van der Waals surface area contributed by atoms with E-state index in [2.05, 4.69) is 13.8 Å². The zero-order chi connectivity index (χ0) is 21.1. The van der Waals surface area contributed by atoms with Gasteiger partial charge in [-0.3, -0.25) is 0 Å². The first-order chi connectivity index (χ1) is 13.4. The number of rotatable bonds is 21. The van der Waals surface area contributed by atoms with E-state index in [1.165, 1.54) is 38.5 Å². The minimum absolute atomic E-state index is 0. The van der Waals surface area contributed by atoms with E-state index < -0.39 is 15.4 Å². The van der Waals surface area contributed by atoms with Crippen LogP contribution in [0.25, 0.3) is 0 Å². The molecule has 2 atom stereocenters. The Bertz CT molecular complexity index is 429. The smallest absolute Gasteiger partial charge is 0.748 e. The van der Waals surface area contributed by atoms with Gasteiger partial charge in [-0.2, -0.15) is 0 Å². The van der Waals surface area contributed by atoms with E-state index in [1.54, 1.807) is 0 Å². The topological polar surface area (TPSA) is 77.4 Å². The van der Waals surface area contributed by atoms with Crippen molar-refractivity contribution in [3.8, 4) is 0 Å². The number of unbranched alkanes of at least 4 members (excludes halogenated alkanes) is 12. The molecule has 0 saturated heterocycles. The molecule has 170 valence electrons. The zero-order valence-electron chi connectivity index (χ0n) is 19.7. The maximum absolute atomic E-state index is 11.5. The molecule has 0 aromatic carbocycles. The average molecular weight is 459 g/mol. The van der Waals surface area contributed by atoms with Crippen molar-refractivity contribution < 1.29 is 69.5 Å². The Morgan fingerprint density at radius 2 is 0.966 bits per heavy atom. The molecule has 2 unspecified atom stereocenters. The Labute approximate surface area is 224 Å². The molecule has 0 aliphatic carbocycles. The largest absolute Gasteiger partial charge is 1.00 e. The van der Waals surface area contributed by atoms with E-state index >= 15 is 0 Å². The van der Waals surface area contributed by atoms with Crippen molar-refractivity contribution in [3.63, 3.8) is 0 Å². The molecule has 0 aliphatic rings. The maximum Gasteiger partial charge on any atom is 1.00 e. The van der Waals surface area contributed by atoms with Crippen LogP contribution in [0.3, 0.4) is 0 Å². The van der Waals surface area contributed by atoms with Crippen molar-refractivity contribution >= 4 is 10.1 Å². The third kappa shape index (κ3) is 22.5. The molecular formula is C23H47KO4S. The summed E-state index contributed by atoms with van der Waals surface area (Å²) in [7, 11) is -4.15. The zero-order valence-corrected chi connectivity index (χ0v) is 23.6. The van der Waals surface area contributed by atoms with Crippen LogP contribution in [0.1, 0.15) is 136 Å². The van der Waals surface area contributed by atoms with E-state index in [-0.39, 0.29) is 57.5 Å². The molecule has 0 amide bonds. The summed E-state index contributed by atoms with van der Waals surface area (Å²) in [5.41, 5.74) is 0. The van der Waals surface area contributed by atoms with Crippen LogP contribution < -0.4 is 51.4 Å². The summed E-state index contributed by atoms with van der Waals surface area (Å²) in [5.74, 6) is 0. The van der Waals surface area contributed by atoms with Crippen LogP contribution in [0.15, 0.2) is 0 Å². The fourth-order valence-corrected chi connectivity index (χ4v) is 4.72. The maximum atomic E-state index is 11.5. The van der Waals surface area contributed by atoms with Gasteiger partial charge >= 0.3 is 51.4 Å². The molecule has 0 aliphatic heterocycles. The van der Waals surface area contributed by atoms with Crippen molar-refractivity contribution in [3.05, 3.63) is 0 Å².